The van der Waals surface area contributed by atoms with Crippen LogP contribution < -0.4 is 11.3 Å². The van der Waals surface area contributed by atoms with Gasteiger partial charge in [0.25, 0.3) is 5.56 Å². The maximum absolute atomic E-state index is 11.7. The quantitative estimate of drug-likeness (QED) is 0.898. The first-order valence-electron chi connectivity index (χ1n) is 7.72. The van der Waals surface area contributed by atoms with Crippen LogP contribution in [-0.4, -0.2) is 29.1 Å². The van der Waals surface area contributed by atoms with Crippen molar-refractivity contribution in [3.8, 4) is 0 Å². The van der Waals surface area contributed by atoms with Gasteiger partial charge in [0.2, 0.25) is 0 Å². The van der Waals surface area contributed by atoms with E-state index in [4.69, 9.17) is 5.73 Å². The molecule has 20 heavy (non-hydrogen) atoms. The van der Waals surface area contributed by atoms with Crippen LogP contribution in [0.2, 0.25) is 0 Å². The van der Waals surface area contributed by atoms with Crippen molar-refractivity contribution in [2.24, 2.45) is 5.92 Å². The summed E-state index contributed by atoms with van der Waals surface area (Å²) < 4.78 is 1.71. The minimum atomic E-state index is 0.0355. The van der Waals surface area contributed by atoms with E-state index in [0.717, 1.165) is 31.5 Å². The predicted octanol–water partition coefficient (Wildman–Crippen LogP) is 2.33. The summed E-state index contributed by atoms with van der Waals surface area (Å²) in [4.78, 5) is 14.1. The lowest BCUT2D eigenvalue weighted by molar-refractivity contribution is 0.167. The summed E-state index contributed by atoms with van der Waals surface area (Å²) >= 11 is 0. The fourth-order valence-corrected chi connectivity index (χ4v) is 3.08. The first-order chi connectivity index (χ1) is 9.56. The zero-order chi connectivity index (χ0) is 14.5. The van der Waals surface area contributed by atoms with Crippen molar-refractivity contribution in [1.29, 1.82) is 0 Å². The largest absolute Gasteiger partial charge is 0.398 e. The van der Waals surface area contributed by atoms with Crippen LogP contribution in [0.5, 0.6) is 0 Å². The Kier molecular flexibility index (Phi) is 5.24. The van der Waals surface area contributed by atoms with Crippen molar-refractivity contribution in [3.63, 3.8) is 0 Å². The van der Waals surface area contributed by atoms with Gasteiger partial charge in [0, 0.05) is 30.5 Å². The Balaban J connectivity index is 1.78. The third kappa shape index (κ3) is 4.10. The maximum Gasteiger partial charge on any atom is 0.250 e. The highest BCUT2D eigenvalue weighted by Gasteiger charge is 2.21. The molecule has 0 atom stereocenters. The van der Waals surface area contributed by atoms with Gasteiger partial charge in [-0.2, -0.15) is 0 Å². The number of anilines is 1. The molecule has 0 aliphatic heterocycles. The van der Waals surface area contributed by atoms with Gasteiger partial charge in [-0.3, -0.25) is 4.79 Å². The highest BCUT2D eigenvalue weighted by molar-refractivity contribution is 5.33. The summed E-state index contributed by atoms with van der Waals surface area (Å²) in [5, 5.41) is 0. The molecule has 112 valence electrons. The first kappa shape index (κ1) is 15.1. The Morgan fingerprint density at radius 1 is 1.30 bits per heavy atom. The summed E-state index contributed by atoms with van der Waals surface area (Å²) in [6, 6.07) is 3.93. The van der Waals surface area contributed by atoms with Crippen LogP contribution in [0.25, 0.3) is 0 Å². The number of nitrogens with zero attached hydrogens (tertiary/aromatic N) is 2. The van der Waals surface area contributed by atoms with Crippen molar-refractivity contribution < 1.29 is 0 Å². The normalized spacial score (nSPS) is 23.1. The number of hydrogen-bond acceptors (Lipinski definition) is 3. The molecule has 1 fully saturated rings. The molecule has 1 aromatic heterocycles. The van der Waals surface area contributed by atoms with Gasteiger partial charge in [0.15, 0.2) is 0 Å². The van der Waals surface area contributed by atoms with E-state index in [9.17, 15) is 4.79 Å². The van der Waals surface area contributed by atoms with Gasteiger partial charge in [0.05, 0.1) is 0 Å². The maximum atomic E-state index is 11.7. The standard InChI is InChI=1S/C16H27N3O/c1-13-4-7-15(8-5-13)18(2)10-3-11-19-12-14(17)6-9-16(19)20/h6,9,12-13,15H,3-5,7-8,10-11,17H2,1-2H3. The highest BCUT2D eigenvalue weighted by Crippen LogP contribution is 2.26. The highest BCUT2D eigenvalue weighted by atomic mass is 16.1. The van der Waals surface area contributed by atoms with Gasteiger partial charge in [-0.25, -0.2) is 0 Å². The van der Waals surface area contributed by atoms with Gasteiger partial charge < -0.3 is 15.2 Å². The molecule has 1 saturated carbocycles. The lowest BCUT2D eigenvalue weighted by Crippen LogP contribution is -2.36. The second-order valence-corrected chi connectivity index (χ2v) is 6.24. The van der Waals surface area contributed by atoms with Crippen LogP contribution >= 0.6 is 0 Å². The molecule has 1 aromatic rings. The number of nitrogens with two attached hydrogens (primary N) is 1. The second-order valence-electron chi connectivity index (χ2n) is 6.24. The Bertz CT molecular complexity index is 475. The van der Waals surface area contributed by atoms with Crippen LogP contribution in [0.3, 0.4) is 0 Å². The molecule has 0 saturated heterocycles. The average molecular weight is 277 g/mol. The third-order valence-electron chi connectivity index (χ3n) is 4.52. The van der Waals surface area contributed by atoms with Gasteiger partial charge >= 0.3 is 0 Å². The monoisotopic (exact) mass is 277 g/mol. The molecular formula is C16H27N3O. The summed E-state index contributed by atoms with van der Waals surface area (Å²) in [6.45, 7) is 4.14. The number of pyridine rings is 1. The topological polar surface area (TPSA) is 51.3 Å². The van der Waals surface area contributed by atoms with Gasteiger partial charge in [-0.05, 0) is 57.7 Å². The predicted molar refractivity (Wildman–Crippen MR) is 83.8 cm³/mol. The molecule has 2 N–H and O–H groups in total. The van der Waals surface area contributed by atoms with Crippen LogP contribution in [0.1, 0.15) is 39.0 Å². The molecule has 0 aromatic carbocycles. The Hall–Kier alpha value is -1.29. The van der Waals surface area contributed by atoms with Gasteiger partial charge in [0.1, 0.15) is 0 Å². The molecule has 1 aliphatic rings. The molecule has 4 nitrogen and oxygen atoms in total. The molecular weight excluding hydrogens is 250 g/mol. The van der Waals surface area contributed by atoms with Crippen molar-refractivity contribution in [3.05, 3.63) is 28.7 Å². The van der Waals surface area contributed by atoms with E-state index in [1.54, 1.807) is 22.9 Å². The minimum absolute atomic E-state index is 0.0355. The number of aromatic nitrogens is 1. The van der Waals surface area contributed by atoms with Gasteiger partial charge in [-0.1, -0.05) is 6.92 Å². The molecule has 0 amide bonds. The molecule has 4 heteroatoms. The minimum Gasteiger partial charge on any atom is -0.398 e. The fourth-order valence-electron chi connectivity index (χ4n) is 3.08. The third-order valence-corrected chi connectivity index (χ3v) is 4.52. The average Bonchev–Trinajstić information content (AvgIpc) is 2.43. The zero-order valence-electron chi connectivity index (χ0n) is 12.7. The van der Waals surface area contributed by atoms with E-state index >= 15 is 0 Å². The first-order valence-corrected chi connectivity index (χ1v) is 7.72. The smallest absolute Gasteiger partial charge is 0.250 e. The van der Waals surface area contributed by atoms with Crippen molar-refractivity contribution in [2.45, 2.75) is 51.6 Å². The van der Waals surface area contributed by atoms with Gasteiger partial charge in [-0.15, -0.1) is 0 Å². The number of hydrogen-bond donors (Lipinski definition) is 1. The van der Waals surface area contributed by atoms with E-state index in [2.05, 4.69) is 18.9 Å². The molecule has 1 aliphatic carbocycles. The number of nitrogen functional groups attached to an aromatic ring is 1. The molecule has 0 radical (unpaired) electrons. The van der Waals surface area contributed by atoms with Crippen molar-refractivity contribution in [1.82, 2.24) is 9.47 Å². The van der Waals surface area contributed by atoms with Crippen LogP contribution in [0.15, 0.2) is 23.1 Å². The lowest BCUT2D eigenvalue weighted by Gasteiger charge is -2.33. The van der Waals surface area contributed by atoms with Crippen molar-refractivity contribution >= 4 is 5.69 Å². The van der Waals surface area contributed by atoms with Crippen LogP contribution in [0, 0.1) is 5.92 Å². The van der Waals surface area contributed by atoms with Crippen molar-refractivity contribution in [2.75, 3.05) is 19.3 Å². The van der Waals surface area contributed by atoms with E-state index in [1.807, 2.05) is 0 Å². The molecule has 1 heterocycles. The fraction of sp³-hybridized carbons (Fsp3) is 0.688. The van der Waals surface area contributed by atoms with E-state index in [0.29, 0.717) is 5.69 Å². The van der Waals surface area contributed by atoms with E-state index in [1.165, 1.54) is 25.7 Å². The molecule has 0 spiro atoms. The summed E-state index contributed by atoms with van der Waals surface area (Å²) in [5.74, 6) is 0.894. The zero-order valence-corrected chi connectivity index (χ0v) is 12.7. The second kappa shape index (κ2) is 6.93. The summed E-state index contributed by atoms with van der Waals surface area (Å²) in [6.07, 6.45) is 8.07. The molecule has 0 unspecified atom stereocenters. The SMILES string of the molecule is CC1CCC(N(C)CCCn2cc(N)ccc2=O)CC1. The summed E-state index contributed by atoms with van der Waals surface area (Å²) in [5.41, 5.74) is 6.41. The Morgan fingerprint density at radius 3 is 2.70 bits per heavy atom. The number of rotatable bonds is 5. The van der Waals surface area contributed by atoms with Crippen LogP contribution in [-0.2, 0) is 6.54 Å². The van der Waals surface area contributed by atoms with Crippen LogP contribution in [0.4, 0.5) is 5.69 Å². The number of aryl methyl sites for hydroxylation is 1. The molecule has 0 bridgehead atoms. The van der Waals surface area contributed by atoms with E-state index < -0.39 is 0 Å². The summed E-state index contributed by atoms with van der Waals surface area (Å²) in [7, 11) is 2.21. The Labute approximate surface area is 121 Å². The van der Waals surface area contributed by atoms with E-state index in [-0.39, 0.29) is 5.56 Å². The molecule has 2 rings (SSSR count). The Morgan fingerprint density at radius 2 is 2.00 bits per heavy atom. The lowest BCUT2D eigenvalue weighted by atomic mass is 9.87.